The van der Waals surface area contributed by atoms with Crippen LogP contribution in [0.4, 0.5) is 5.69 Å². The van der Waals surface area contributed by atoms with Gasteiger partial charge in [-0.15, -0.1) is 0 Å². The van der Waals surface area contributed by atoms with Crippen LogP contribution in [0.3, 0.4) is 0 Å². The van der Waals surface area contributed by atoms with Crippen LogP contribution in [0.5, 0.6) is 0 Å². The lowest BCUT2D eigenvalue weighted by atomic mass is 10.0. The summed E-state index contributed by atoms with van der Waals surface area (Å²) in [6.07, 6.45) is 1.33. The molecule has 1 aliphatic heterocycles. The predicted molar refractivity (Wildman–Crippen MR) is 82.1 cm³/mol. The van der Waals surface area contributed by atoms with Crippen molar-refractivity contribution in [2.45, 2.75) is 19.8 Å². The Balaban J connectivity index is 2.19. The third-order valence-electron chi connectivity index (χ3n) is 3.24. The van der Waals surface area contributed by atoms with Crippen LogP contribution >= 0.6 is 12.2 Å². The molecule has 0 saturated carbocycles. The van der Waals surface area contributed by atoms with Crippen molar-refractivity contribution in [1.29, 1.82) is 0 Å². The molecule has 3 amide bonds. The van der Waals surface area contributed by atoms with Gasteiger partial charge in [-0.1, -0.05) is 25.6 Å². The lowest BCUT2D eigenvalue weighted by molar-refractivity contribution is -0.118. The molecular formula is C14H15N3O3S. The first-order valence-corrected chi connectivity index (χ1v) is 6.94. The minimum absolute atomic E-state index is 0.142. The molecule has 0 aliphatic carbocycles. The van der Waals surface area contributed by atoms with Gasteiger partial charge in [0.1, 0.15) is 0 Å². The largest absolute Gasteiger partial charge is 0.393 e. The number of fused-ring (bicyclic) bond motifs is 1. The van der Waals surface area contributed by atoms with Crippen molar-refractivity contribution in [2.75, 3.05) is 5.32 Å². The van der Waals surface area contributed by atoms with Crippen molar-refractivity contribution in [3.05, 3.63) is 29.3 Å². The molecule has 6 nitrogen and oxygen atoms in total. The molecule has 0 bridgehead atoms. The Morgan fingerprint density at radius 3 is 2.62 bits per heavy atom. The van der Waals surface area contributed by atoms with Gasteiger partial charge in [-0.2, -0.15) is 0 Å². The molecule has 0 spiro atoms. The summed E-state index contributed by atoms with van der Waals surface area (Å²) in [6.45, 7) is 1.93. The van der Waals surface area contributed by atoms with Crippen LogP contribution in [0.2, 0.25) is 0 Å². The molecule has 0 aromatic heterocycles. The smallest absolute Gasteiger partial charge is 0.259 e. The highest BCUT2D eigenvalue weighted by Gasteiger charge is 2.27. The van der Waals surface area contributed by atoms with Crippen LogP contribution in [0.15, 0.2) is 18.2 Å². The second kappa shape index (κ2) is 6.01. The molecule has 1 heterocycles. The zero-order valence-electron chi connectivity index (χ0n) is 11.4. The summed E-state index contributed by atoms with van der Waals surface area (Å²) in [5.41, 5.74) is 6.55. The Morgan fingerprint density at radius 2 is 2.00 bits per heavy atom. The summed E-state index contributed by atoms with van der Waals surface area (Å²) >= 11 is 4.90. The molecule has 0 fully saturated rings. The monoisotopic (exact) mass is 305 g/mol. The van der Waals surface area contributed by atoms with E-state index < -0.39 is 17.7 Å². The number of anilines is 1. The molecule has 1 aromatic rings. The maximum atomic E-state index is 12.1. The number of carbonyl (C=O) groups excluding carboxylic acids is 3. The molecule has 1 aromatic carbocycles. The van der Waals surface area contributed by atoms with Gasteiger partial charge in [-0.05, 0) is 24.6 Å². The number of hydrogen-bond acceptors (Lipinski definition) is 4. The molecule has 4 N–H and O–H groups in total. The fourth-order valence-electron chi connectivity index (χ4n) is 2.17. The molecule has 1 atom stereocenters. The SMILES string of the molecule is CCCC(C(=O)Nc1ccc2c(c1)C(=O)NC2=O)C(N)=S. The second-order valence-electron chi connectivity index (χ2n) is 4.78. The third kappa shape index (κ3) is 3.08. The van der Waals surface area contributed by atoms with E-state index in [0.29, 0.717) is 17.7 Å². The van der Waals surface area contributed by atoms with Gasteiger partial charge in [0.25, 0.3) is 11.8 Å². The molecule has 21 heavy (non-hydrogen) atoms. The quantitative estimate of drug-likeness (QED) is 0.560. The molecular weight excluding hydrogens is 290 g/mol. The van der Waals surface area contributed by atoms with E-state index >= 15 is 0 Å². The number of carbonyl (C=O) groups is 3. The molecule has 0 saturated heterocycles. The lowest BCUT2D eigenvalue weighted by Crippen LogP contribution is -2.33. The van der Waals surface area contributed by atoms with Crippen molar-refractivity contribution in [1.82, 2.24) is 5.32 Å². The van der Waals surface area contributed by atoms with Crippen molar-refractivity contribution in [2.24, 2.45) is 11.7 Å². The van der Waals surface area contributed by atoms with Crippen LogP contribution < -0.4 is 16.4 Å². The topological polar surface area (TPSA) is 101 Å². The second-order valence-corrected chi connectivity index (χ2v) is 5.25. The molecule has 0 radical (unpaired) electrons. The maximum absolute atomic E-state index is 12.1. The van der Waals surface area contributed by atoms with E-state index in [0.717, 1.165) is 6.42 Å². The van der Waals surface area contributed by atoms with Gasteiger partial charge >= 0.3 is 0 Å². The van der Waals surface area contributed by atoms with Crippen LogP contribution in [0.1, 0.15) is 40.5 Å². The Kier molecular flexibility index (Phi) is 4.32. The molecule has 2 rings (SSSR count). The van der Waals surface area contributed by atoms with Gasteiger partial charge in [0.2, 0.25) is 5.91 Å². The standard InChI is InChI=1S/C14H15N3O3S/c1-2-3-9(11(15)21)13(19)16-7-4-5-8-10(6-7)14(20)17-12(8)18/h4-6,9H,2-3H2,1H3,(H2,15,21)(H,16,19)(H,17,18,20). The number of imide groups is 1. The number of amides is 3. The van der Waals surface area contributed by atoms with Gasteiger partial charge < -0.3 is 11.1 Å². The number of hydrogen-bond donors (Lipinski definition) is 3. The summed E-state index contributed by atoms with van der Waals surface area (Å²) in [7, 11) is 0. The fourth-order valence-corrected chi connectivity index (χ4v) is 2.39. The molecule has 7 heteroatoms. The number of rotatable bonds is 5. The summed E-state index contributed by atoms with van der Waals surface area (Å²) in [6, 6.07) is 4.54. The van der Waals surface area contributed by atoms with Gasteiger partial charge in [0.05, 0.1) is 22.0 Å². The van der Waals surface area contributed by atoms with E-state index in [1.165, 1.54) is 12.1 Å². The van der Waals surface area contributed by atoms with E-state index in [1.807, 2.05) is 6.92 Å². The highest BCUT2D eigenvalue weighted by atomic mass is 32.1. The first-order chi connectivity index (χ1) is 9.93. The Labute approximate surface area is 127 Å². The lowest BCUT2D eigenvalue weighted by Gasteiger charge is -2.14. The van der Waals surface area contributed by atoms with E-state index in [-0.39, 0.29) is 16.5 Å². The first kappa shape index (κ1) is 15.1. The summed E-state index contributed by atoms with van der Waals surface area (Å²) < 4.78 is 0. The van der Waals surface area contributed by atoms with Crippen molar-refractivity contribution in [3.8, 4) is 0 Å². The zero-order chi connectivity index (χ0) is 15.6. The fraction of sp³-hybridized carbons (Fsp3) is 0.286. The Bertz CT molecular complexity index is 642. The minimum Gasteiger partial charge on any atom is -0.393 e. The average molecular weight is 305 g/mol. The van der Waals surface area contributed by atoms with Crippen molar-refractivity contribution in [3.63, 3.8) is 0 Å². The van der Waals surface area contributed by atoms with E-state index in [1.54, 1.807) is 6.07 Å². The summed E-state index contributed by atoms with van der Waals surface area (Å²) in [4.78, 5) is 35.3. The van der Waals surface area contributed by atoms with Gasteiger partial charge in [0.15, 0.2) is 0 Å². The van der Waals surface area contributed by atoms with Gasteiger partial charge in [-0.3, -0.25) is 19.7 Å². The Hall–Kier alpha value is -2.28. The highest BCUT2D eigenvalue weighted by Crippen LogP contribution is 2.21. The van der Waals surface area contributed by atoms with Crippen LogP contribution in [-0.2, 0) is 4.79 Å². The predicted octanol–water partition coefficient (Wildman–Crippen LogP) is 1.21. The zero-order valence-corrected chi connectivity index (χ0v) is 12.3. The number of nitrogens with one attached hydrogen (secondary N) is 2. The first-order valence-electron chi connectivity index (χ1n) is 6.54. The molecule has 1 aliphatic rings. The van der Waals surface area contributed by atoms with Gasteiger partial charge in [-0.25, -0.2) is 0 Å². The van der Waals surface area contributed by atoms with Crippen LogP contribution in [-0.4, -0.2) is 22.7 Å². The molecule has 1 unspecified atom stereocenters. The van der Waals surface area contributed by atoms with Gasteiger partial charge in [0, 0.05) is 5.69 Å². The molecule has 110 valence electrons. The van der Waals surface area contributed by atoms with Crippen molar-refractivity contribution < 1.29 is 14.4 Å². The van der Waals surface area contributed by atoms with E-state index in [2.05, 4.69) is 10.6 Å². The van der Waals surface area contributed by atoms with E-state index in [9.17, 15) is 14.4 Å². The van der Waals surface area contributed by atoms with Crippen molar-refractivity contribution >= 4 is 40.6 Å². The summed E-state index contributed by atoms with van der Waals surface area (Å²) in [5.74, 6) is -1.76. The summed E-state index contributed by atoms with van der Waals surface area (Å²) in [5, 5.41) is 4.87. The normalized spacial score (nSPS) is 14.3. The average Bonchev–Trinajstić information content (AvgIpc) is 2.70. The number of benzene rings is 1. The maximum Gasteiger partial charge on any atom is 0.259 e. The number of thiocarbonyl (C=S) groups is 1. The number of nitrogens with two attached hydrogens (primary N) is 1. The van der Waals surface area contributed by atoms with Crippen LogP contribution in [0.25, 0.3) is 0 Å². The minimum atomic E-state index is -0.547. The highest BCUT2D eigenvalue weighted by molar-refractivity contribution is 7.80. The van der Waals surface area contributed by atoms with E-state index in [4.69, 9.17) is 18.0 Å². The van der Waals surface area contributed by atoms with Crippen LogP contribution in [0, 0.1) is 5.92 Å². The Morgan fingerprint density at radius 1 is 1.33 bits per heavy atom. The third-order valence-corrected chi connectivity index (χ3v) is 3.53.